The number of esters is 1. The van der Waals surface area contributed by atoms with Gasteiger partial charge in [-0.3, -0.25) is 9.10 Å². The Bertz CT molecular complexity index is 1020. The molecular weight excluding hydrogens is 412 g/mol. The molecule has 162 valence electrons. The minimum atomic E-state index is -3.86. The van der Waals surface area contributed by atoms with Crippen LogP contribution < -0.4 is 19.1 Å². The summed E-state index contributed by atoms with van der Waals surface area (Å²) in [4.78, 5) is 24.3. The van der Waals surface area contributed by atoms with Crippen molar-refractivity contribution in [1.29, 1.82) is 0 Å². The highest BCUT2D eigenvalue weighted by atomic mass is 32.2. The van der Waals surface area contributed by atoms with Crippen molar-refractivity contribution in [2.24, 2.45) is 0 Å². The van der Waals surface area contributed by atoms with Crippen LogP contribution in [-0.2, 0) is 19.6 Å². The zero-order valence-corrected chi connectivity index (χ0v) is 18.1. The van der Waals surface area contributed by atoms with Crippen molar-refractivity contribution in [2.75, 3.05) is 37.2 Å². The lowest BCUT2D eigenvalue weighted by molar-refractivity contribution is -0.116. The molecule has 2 aromatic carbocycles. The normalized spacial score (nSPS) is 11.9. The summed E-state index contributed by atoms with van der Waals surface area (Å²) >= 11 is 0. The van der Waals surface area contributed by atoms with E-state index in [1.165, 1.54) is 58.6 Å². The smallest absolute Gasteiger partial charge is 0.337 e. The Kier molecular flexibility index (Phi) is 7.28. The second-order valence-corrected chi connectivity index (χ2v) is 8.19. The Labute approximate surface area is 175 Å². The van der Waals surface area contributed by atoms with Gasteiger partial charge in [-0.05, 0) is 43.3 Å². The number of anilines is 2. The first-order chi connectivity index (χ1) is 14.1. The maximum atomic E-state index is 12.8. The largest absolute Gasteiger partial charge is 0.497 e. The van der Waals surface area contributed by atoms with E-state index in [1.807, 2.05) is 0 Å². The molecule has 0 aliphatic heterocycles. The lowest BCUT2D eigenvalue weighted by Crippen LogP contribution is -2.45. The van der Waals surface area contributed by atoms with E-state index in [-0.39, 0.29) is 11.4 Å². The first-order valence-electron chi connectivity index (χ1n) is 8.83. The SMILES string of the molecule is COC(=O)c1ccc(NC(=O)[C@@H](C)N(c2cc(OC)ccc2OC)S(C)(=O)=O)cc1. The minimum absolute atomic E-state index is 0.169. The van der Waals surface area contributed by atoms with Gasteiger partial charge in [0.1, 0.15) is 17.5 Å². The average Bonchev–Trinajstić information content (AvgIpc) is 2.72. The molecule has 10 heteroatoms. The average molecular weight is 436 g/mol. The molecule has 30 heavy (non-hydrogen) atoms. The van der Waals surface area contributed by atoms with E-state index in [1.54, 1.807) is 12.1 Å². The van der Waals surface area contributed by atoms with Crippen LogP contribution in [0.15, 0.2) is 42.5 Å². The molecule has 1 atom stereocenters. The second-order valence-electron chi connectivity index (χ2n) is 6.33. The summed E-state index contributed by atoms with van der Waals surface area (Å²) in [5.41, 5.74) is 0.885. The van der Waals surface area contributed by atoms with E-state index in [4.69, 9.17) is 9.47 Å². The monoisotopic (exact) mass is 436 g/mol. The molecule has 0 aliphatic rings. The van der Waals surface area contributed by atoms with Gasteiger partial charge in [0.15, 0.2) is 0 Å². The first-order valence-corrected chi connectivity index (χ1v) is 10.7. The van der Waals surface area contributed by atoms with Crippen LogP contribution in [-0.4, -0.2) is 53.9 Å². The van der Waals surface area contributed by atoms with Gasteiger partial charge < -0.3 is 19.5 Å². The van der Waals surface area contributed by atoms with Crippen LogP contribution in [0.2, 0.25) is 0 Å². The highest BCUT2D eigenvalue weighted by molar-refractivity contribution is 7.92. The van der Waals surface area contributed by atoms with Crippen molar-refractivity contribution in [3.8, 4) is 11.5 Å². The number of amides is 1. The summed E-state index contributed by atoms with van der Waals surface area (Å²) in [6.45, 7) is 1.46. The summed E-state index contributed by atoms with van der Waals surface area (Å²) in [5.74, 6) is -0.403. The van der Waals surface area contributed by atoms with Crippen LogP contribution in [0.3, 0.4) is 0 Å². The van der Waals surface area contributed by atoms with Gasteiger partial charge in [-0.2, -0.15) is 0 Å². The molecule has 0 radical (unpaired) electrons. The fourth-order valence-electron chi connectivity index (χ4n) is 2.80. The molecular formula is C20H24N2O7S. The predicted molar refractivity (Wildman–Crippen MR) is 113 cm³/mol. The molecule has 0 aromatic heterocycles. The van der Waals surface area contributed by atoms with Crippen molar-refractivity contribution in [3.05, 3.63) is 48.0 Å². The van der Waals surface area contributed by atoms with Gasteiger partial charge in [-0.15, -0.1) is 0 Å². The number of rotatable bonds is 8. The Balaban J connectivity index is 2.35. The molecule has 2 aromatic rings. The summed E-state index contributed by atoms with van der Waals surface area (Å²) < 4.78 is 41.2. The molecule has 0 heterocycles. The van der Waals surface area contributed by atoms with Gasteiger partial charge in [0, 0.05) is 11.8 Å². The minimum Gasteiger partial charge on any atom is -0.497 e. The van der Waals surface area contributed by atoms with Crippen molar-refractivity contribution >= 4 is 33.3 Å². The van der Waals surface area contributed by atoms with E-state index in [9.17, 15) is 18.0 Å². The molecule has 0 saturated heterocycles. The Morgan fingerprint density at radius 1 is 1.00 bits per heavy atom. The molecule has 0 spiro atoms. The molecule has 0 fully saturated rings. The van der Waals surface area contributed by atoms with Crippen LogP contribution in [0.1, 0.15) is 17.3 Å². The van der Waals surface area contributed by atoms with E-state index in [2.05, 4.69) is 10.1 Å². The molecule has 0 unspecified atom stereocenters. The number of hydrogen-bond acceptors (Lipinski definition) is 7. The number of methoxy groups -OCH3 is 3. The zero-order chi connectivity index (χ0) is 22.5. The van der Waals surface area contributed by atoms with E-state index in [0.717, 1.165) is 10.6 Å². The van der Waals surface area contributed by atoms with Crippen molar-refractivity contribution in [3.63, 3.8) is 0 Å². The Hall–Kier alpha value is -3.27. The fourth-order valence-corrected chi connectivity index (χ4v) is 3.97. The third-order valence-corrected chi connectivity index (χ3v) is 5.51. The van der Waals surface area contributed by atoms with Gasteiger partial charge in [0.05, 0.1) is 38.8 Å². The summed E-state index contributed by atoms with van der Waals surface area (Å²) in [6, 6.07) is 9.58. The maximum absolute atomic E-state index is 12.8. The lowest BCUT2D eigenvalue weighted by Gasteiger charge is -2.29. The quantitative estimate of drug-likeness (QED) is 0.632. The third-order valence-electron chi connectivity index (χ3n) is 4.29. The highest BCUT2D eigenvalue weighted by Crippen LogP contribution is 2.35. The topological polar surface area (TPSA) is 111 Å². The zero-order valence-electron chi connectivity index (χ0n) is 17.3. The first kappa shape index (κ1) is 23.0. The molecule has 9 nitrogen and oxygen atoms in total. The standard InChI is InChI=1S/C20H24N2O7S/c1-13(19(23)21-15-8-6-14(7-9-15)20(24)29-4)22(30(5,25)26)17-12-16(27-2)10-11-18(17)28-3/h6-13H,1-5H3,(H,21,23)/t13-/m1/s1. The molecule has 0 aliphatic carbocycles. The number of carbonyl (C=O) groups excluding carboxylic acids is 2. The van der Waals surface area contributed by atoms with Gasteiger partial charge >= 0.3 is 5.97 Å². The summed E-state index contributed by atoms with van der Waals surface area (Å²) in [5, 5.41) is 2.65. The number of ether oxygens (including phenoxy) is 3. The fraction of sp³-hybridized carbons (Fsp3) is 0.300. The highest BCUT2D eigenvalue weighted by Gasteiger charge is 2.31. The number of benzene rings is 2. The number of nitrogens with one attached hydrogen (secondary N) is 1. The van der Waals surface area contributed by atoms with Gasteiger partial charge in [0.2, 0.25) is 15.9 Å². The third kappa shape index (κ3) is 5.20. The molecule has 0 saturated carbocycles. The van der Waals surface area contributed by atoms with Crippen LogP contribution in [0.5, 0.6) is 11.5 Å². The second kappa shape index (κ2) is 9.49. The Morgan fingerprint density at radius 3 is 2.13 bits per heavy atom. The van der Waals surface area contributed by atoms with Crippen molar-refractivity contribution in [2.45, 2.75) is 13.0 Å². The van der Waals surface area contributed by atoms with Crippen LogP contribution >= 0.6 is 0 Å². The summed E-state index contributed by atoms with van der Waals surface area (Å²) in [7, 11) is 0.264. The van der Waals surface area contributed by atoms with Crippen molar-refractivity contribution < 1.29 is 32.2 Å². The number of sulfonamides is 1. The molecule has 0 bridgehead atoms. The van der Waals surface area contributed by atoms with Crippen LogP contribution in [0, 0.1) is 0 Å². The molecule has 1 amide bonds. The van der Waals surface area contributed by atoms with Gasteiger partial charge in [-0.25, -0.2) is 13.2 Å². The number of carbonyl (C=O) groups is 2. The van der Waals surface area contributed by atoms with Crippen molar-refractivity contribution in [1.82, 2.24) is 0 Å². The Morgan fingerprint density at radius 2 is 1.63 bits per heavy atom. The summed E-state index contributed by atoms with van der Waals surface area (Å²) in [6.07, 6.45) is 1.00. The van der Waals surface area contributed by atoms with Gasteiger partial charge in [-0.1, -0.05) is 0 Å². The van der Waals surface area contributed by atoms with E-state index in [0.29, 0.717) is 17.0 Å². The molecule has 2 rings (SSSR count). The number of hydrogen-bond donors (Lipinski definition) is 1. The molecule has 1 N–H and O–H groups in total. The van der Waals surface area contributed by atoms with Gasteiger partial charge in [0.25, 0.3) is 0 Å². The number of nitrogens with zero attached hydrogens (tertiary/aromatic N) is 1. The lowest BCUT2D eigenvalue weighted by atomic mass is 10.2. The van der Waals surface area contributed by atoms with E-state index >= 15 is 0 Å². The predicted octanol–water partition coefficient (Wildman–Crippen LogP) is 2.28. The maximum Gasteiger partial charge on any atom is 0.337 e. The van der Waals surface area contributed by atoms with Crippen LogP contribution in [0.25, 0.3) is 0 Å². The van der Waals surface area contributed by atoms with E-state index < -0.39 is 27.9 Å². The van der Waals surface area contributed by atoms with Crippen LogP contribution in [0.4, 0.5) is 11.4 Å².